The van der Waals surface area contributed by atoms with E-state index >= 15 is 0 Å². The average molecular weight is 332 g/mol. The van der Waals surface area contributed by atoms with Crippen molar-refractivity contribution in [2.45, 2.75) is 27.7 Å². The van der Waals surface area contributed by atoms with Crippen LogP contribution in [0.3, 0.4) is 0 Å². The van der Waals surface area contributed by atoms with Gasteiger partial charge in [0.05, 0.1) is 13.2 Å². The molecule has 0 rings (SSSR count). The van der Waals surface area contributed by atoms with Gasteiger partial charge in [0.25, 0.3) is 0 Å². The first-order valence-corrected chi connectivity index (χ1v) is 8.56. The minimum absolute atomic E-state index is 0.0351. The van der Waals surface area contributed by atoms with E-state index in [4.69, 9.17) is 19.6 Å². The maximum Gasteiger partial charge on any atom is 0.469 e. The van der Waals surface area contributed by atoms with E-state index in [0.29, 0.717) is 0 Å². The van der Waals surface area contributed by atoms with Crippen molar-refractivity contribution >= 4 is 15.6 Å². The Morgan fingerprint density at radius 1 is 0.800 bits per heavy atom. The standard InChI is InChI=1S/2C5H11O4P/c2*1-5(2)3-4-9-10(6,7)8/h2*3H,4H2,1-2H3,(H2,6,7,8). The third kappa shape index (κ3) is 26.3. The summed E-state index contributed by atoms with van der Waals surface area (Å²) in [5, 5.41) is 0. The highest BCUT2D eigenvalue weighted by molar-refractivity contribution is 7.46. The summed E-state index contributed by atoms with van der Waals surface area (Å²) < 4.78 is 28.4. The molecule has 0 bridgehead atoms. The lowest BCUT2D eigenvalue weighted by Crippen LogP contribution is -1.88. The van der Waals surface area contributed by atoms with Crippen molar-refractivity contribution in [1.82, 2.24) is 0 Å². The zero-order chi connectivity index (χ0) is 16.4. The van der Waals surface area contributed by atoms with Gasteiger partial charge in [-0.25, -0.2) is 9.13 Å². The molecule has 0 fully saturated rings. The van der Waals surface area contributed by atoms with Crippen LogP contribution in [0, 0.1) is 0 Å². The lowest BCUT2D eigenvalue weighted by Gasteiger charge is -2.00. The molecule has 0 saturated heterocycles. The summed E-state index contributed by atoms with van der Waals surface area (Å²) >= 11 is 0. The molecule has 120 valence electrons. The van der Waals surface area contributed by atoms with Gasteiger partial charge in [0.1, 0.15) is 0 Å². The maximum absolute atomic E-state index is 10.1. The fourth-order valence-electron chi connectivity index (χ4n) is 0.602. The van der Waals surface area contributed by atoms with Gasteiger partial charge in [-0.2, -0.15) is 0 Å². The fourth-order valence-corrected chi connectivity index (χ4v) is 1.14. The molecule has 0 heterocycles. The van der Waals surface area contributed by atoms with Crippen molar-refractivity contribution in [1.29, 1.82) is 0 Å². The molecule has 0 aliphatic heterocycles. The number of phosphoric acid groups is 2. The molecule has 0 aromatic rings. The minimum Gasteiger partial charge on any atom is -0.303 e. The topological polar surface area (TPSA) is 134 Å². The summed E-state index contributed by atoms with van der Waals surface area (Å²) in [6.45, 7) is 7.22. The Morgan fingerprint density at radius 2 is 1.05 bits per heavy atom. The first kappa shape index (κ1) is 22.0. The van der Waals surface area contributed by atoms with Crippen LogP contribution in [0.4, 0.5) is 0 Å². The van der Waals surface area contributed by atoms with Gasteiger partial charge < -0.3 is 19.6 Å². The monoisotopic (exact) mass is 332 g/mol. The van der Waals surface area contributed by atoms with Crippen LogP contribution in [0.2, 0.25) is 0 Å². The third-order valence-electron chi connectivity index (χ3n) is 1.47. The lowest BCUT2D eigenvalue weighted by atomic mass is 10.3. The van der Waals surface area contributed by atoms with E-state index < -0.39 is 15.6 Å². The van der Waals surface area contributed by atoms with Crippen LogP contribution < -0.4 is 0 Å². The molecule has 0 saturated carbocycles. The SMILES string of the molecule is CC(C)=CCOP(=O)(O)O.CC(C)=CCOP(=O)(O)O. The van der Waals surface area contributed by atoms with E-state index in [1.54, 1.807) is 12.2 Å². The third-order valence-corrected chi connectivity index (χ3v) is 2.44. The Kier molecular flexibility index (Phi) is 11.5. The quantitative estimate of drug-likeness (QED) is 0.429. The maximum atomic E-state index is 10.1. The van der Waals surface area contributed by atoms with E-state index in [1.165, 1.54) is 0 Å². The van der Waals surface area contributed by atoms with E-state index in [-0.39, 0.29) is 13.2 Å². The predicted molar refractivity (Wildman–Crippen MR) is 74.9 cm³/mol. The zero-order valence-electron chi connectivity index (χ0n) is 11.9. The highest BCUT2D eigenvalue weighted by Crippen LogP contribution is 2.35. The van der Waals surface area contributed by atoms with Crippen molar-refractivity contribution in [3.8, 4) is 0 Å². The normalized spacial score (nSPS) is 11.2. The molecule has 0 aliphatic rings. The Balaban J connectivity index is 0. The van der Waals surface area contributed by atoms with Gasteiger partial charge in [0.2, 0.25) is 0 Å². The largest absolute Gasteiger partial charge is 0.469 e. The Morgan fingerprint density at radius 3 is 1.20 bits per heavy atom. The van der Waals surface area contributed by atoms with Crippen LogP contribution >= 0.6 is 15.6 Å². The summed E-state index contributed by atoms with van der Waals surface area (Å²) in [5.41, 5.74) is 1.93. The second-order valence-corrected chi connectivity index (χ2v) is 6.61. The molecule has 20 heavy (non-hydrogen) atoms. The van der Waals surface area contributed by atoms with Crippen LogP contribution in [-0.4, -0.2) is 32.8 Å². The number of rotatable bonds is 6. The van der Waals surface area contributed by atoms with Crippen LogP contribution in [0.5, 0.6) is 0 Å². The lowest BCUT2D eigenvalue weighted by molar-refractivity contribution is 0.213. The molecule has 0 radical (unpaired) electrons. The first-order chi connectivity index (χ1) is 8.83. The molecule has 8 nitrogen and oxygen atoms in total. The second kappa shape index (κ2) is 10.4. The summed E-state index contributed by atoms with van der Waals surface area (Å²) in [5.74, 6) is 0. The van der Waals surface area contributed by atoms with Gasteiger partial charge in [-0.05, 0) is 27.7 Å². The van der Waals surface area contributed by atoms with Gasteiger partial charge in [-0.15, -0.1) is 0 Å². The van der Waals surface area contributed by atoms with Gasteiger partial charge in [-0.3, -0.25) is 9.05 Å². The van der Waals surface area contributed by atoms with Gasteiger partial charge >= 0.3 is 15.6 Å². The van der Waals surface area contributed by atoms with Crippen molar-refractivity contribution in [2.75, 3.05) is 13.2 Å². The minimum atomic E-state index is -4.27. The Bertz CT molecular complexity index is 369. The summed E-state index contributed by atoms with van der Waals surface area (Å²) in [6.07, 6.45) is 3.19. The van der Waals surface area contributed by atoms with Crippen molar-refractivity contribution in [3.63, 3.8) is 0 Å². The molecule has 10 heteroatoms. The van der Waals surface area contributed by atoms with E-state index in [1.807, 2.05) is 27.7 Å². The molecule has 0 aromatic heterocycles. The number of hydrogen-bond acceptors (Lipinski definition) is 4. The number of allylic oxidation sites excluding steroid dienone is 2. The molecule has 4 N–H and O–H groups in total. The fraction of sp³-hybridized carbons (Fsp3) is 0.600. The van der Waals surface area contributed by atoms with Crippen molar-refractivity contribution < 1.29 is 37.8 Å². The number of hydrogen-bond donors (Lipinski definition) is 4. The zero-order valence-corrected chi connectivity index (χ0v) is 13.7. The molecule has 0 aromatic carbocycles. The molecular weight excluding hydrogens is 310 g/mol. The molecule has 0 unspecified atom stereocenters. The number of phosphoric ester groups is 2. The highest BCUT2D eigenvalue weighted by atomic mass is 31.2. The van der Waals surface area contributed by atoms with Crippen molar-refractivity contribution in [2.24, 2.45) is 0 Å². The molecular formula is C10H22O8P2. The van der Waals surface area contributed by atoms with Crippen LogP contribution in [0.1, 0.15) is 27.7 Å². The highest BCUT2D eigenvalue weighted by Gasteiger charge is 2.11. The van der Waals surface area contributed by atoms with Gasteiger partial charge in [-0.1, -0.05) is 23.3 Å². The van der Waals surface area contributed by atoms with Crippen LogP contribution in [0.25, 0.3) is 0 Å². The summed E-state index contributed by atoms with van der Waals surface area (Å²) in [6, 6.07) is 0. The molecule has 0 aliphatic carbocycles. The van der Waals surface area contributed by atoms with Crippen molar-refractivity contribution in [3.05, 3.63) is 23.3 Å². The Labute approximate surface area is 118 Å². The second-order valence-electron chi connectivity index (χ2n) is 4.14. The molecule has 0 spiro atoms. The molecule has 0 atom stereocenters. The molecule has 0 amide bonds. The van der Waals surface area contributed by atoms with Gasteiger partial charge in [0.15, 0.2) is 0 Å². The smallest absolute Gasteiger partial charge is 0.303 e. The van der Waals surface area contributed by atoms with E-state index in [2.05, 4.69) is 9.05 Å². The van der Waals surface area contributed by atoms with Crippen LogP contribution in [-0.2, 0) is 18.2 Å². The first-order valence-electron chi connectivity index (χ1n) is 5.50. The van der Waals surface area contributed by atoms with Gasteiger partial charge in [0, 0.05) is 0 Å². The summed E-state index contributed by atoms with van der Waals surface area (Å²) in [4.78, 5) is 32.8. The Hall–Kier alpha value is -0.300. The van der Waals surface area contributed by atoms with Crippen LogP contribution in [0.15, 0.2) is 23.3 Å². The average Bonchev–Trinajstić information content (AvgIpc) is 2.12. The van der Waals surface area contributed by atoms with E-state index in [0.717, 1.165) is 11.1 Å². The summed E-state index contributed by atoms with van der Waals surface area (Å²) in [7, 11) is -8.53. The predicted octanol–water partition coefficient (Wildman–Crippen LogP) is 2.12. The van der Waals surface area contributed by atoms with E-state index in [9.17, 15) is 9.13 Å².